The summed E-state index contributed by atoms with van der Waals surface area (Å²) in [6, 6.07) is 0. The minimum atomic E-state index is -2.75. The molecule has 0 unspecified atom stereocenters. The van der Waals surface area contributed by atoms with Crippen LogP contribution < -0.4 is 0 Å². The summed E-state index contributed by atoms with van der Waals surface area (Å²) in [4.78, 5) is 15.3. The Hall–Kier alpha value is -0.310. The van der Waals surface area contributed by atoms with Gasteiger partial charge in [-0.15, -0.1) is 0 Å². The highest BCUT2D eigenvalue weighted by Crippen LogP contribution is 2.28. The lowest BCUT2D eigenvalue weighted by molar-refractivity contribution is 0.0587. The molecule has 0 saturated carbocycles. The van der Waals surface area contributed by atoms with E-state index >= 15 is 0 Å². The Morgan fingerprint density at radius 3 is 2.75 bits per heavy atom. The summed E-state index contributed by atoms with van der Waals surface area (Å²) in [7, 11) is 1.15. The molecular weight excluding hydrogens is 399 g/mol. The Balaban J connectivity index is 3.42. The van der Waals surface area contributed by atoms with Gasteiger partial charge < -0.3 is 4.74 Å². The largest absolute Gasteiger partial charge is 0.465 e. The lowest BCUT2D eigenvalue weighted by Crippen LogP contribution is -2.11. The topological polar surface area (TPSA) is 39.2 Å². The van der Waals surface area contributed by atoms with E-state index in [0.29, 0.717) is 14.6 Å². The first kappa shape index (κ1) is 13.8. The molecule has 1 heterocycles. The van der Waals surface area contributed by atoms with Crippen LogP contribution in [0.1, 0.15) is 28.0 Å². The maximum absolute atomic E-state index is 12.7. The van der Waals surface area contributed by atoms with E-state index < -0.39 is 18.0 Å². The molecule has 16 heavy (non-hydrogen) atoms. The molecule has 0 fully saturated rings. The summed E-state index contributed by atoms with van der Waals surface area (Å²) in [6.45, 7) is 0. The summed E-state index contributed by atoms with van der Waals surface area (Å²) < 4.78 is 30.2. The first-order valence-corrected chi connectivity index (χ1v) is 6.32. The number of nitrogens with zero attached hydrogens (tertiary/aromatic N) is 1. The number of hydrogen-bond donors (Lipinski definition) is 0. The third-order valence-corrected chi connectivity index (χ3v) is 3.57. The van der Waals surface area contributed by atoms with Gasteiger partial charge in [0, 0.05) is 11.5 Å². The van der Waals surface area contributed by atoms with Crippen LogP contribution in [0.4, 0.5) is 8.78 Å². The minimum Gasteiger partial charge on any atom is -0.465 e. The molecule has 0 amide bonds. The number of alkyl halides is 3. The Morgan fingerprint density at radius 1 is 1.69 bits per heavy atom. The average Bonchev–Trinajstić information content (AvgIpc) is 2.27. The van der Waals surface area contributed by atoms with Crippen molar-refractivity contribution in [3.8, 4) is 0 Å². The van der Waals surface area contributed by atoms with Crippen LogP contribution in [0.5, 0.6) is 0 Å². The molecule has 0 radical (unpaired) electrons. The van der Waals surface area contributed by atoms with E-state index in [1.165, 1.54) is 0 Å². The van der Waals surface area contributed by atoms with Crippen molar-refractivity contribution in [2.24, 2.45) is 0 Å². The van der Waals surface area contributed by atoms with Crippen molar-refractivity contribution < 1.29 is 18.3 Å². The number of ether oxygens (including phenoxy) is 1. The number of carbonyl (C=O) groups excluding carboxylic acids is 1. The highest BCUT2D eigenvalue weighted by molar-refractivity contribution is 14.1. The fourth-order valence-electron chi connectivity index (χ4n) is 1.11. The van der Waals surface area contributed by atoms with Crippen LogP contribution in [0, 0.1) is 3.57 Å². The average molecular weight is 406 g/mol. The van der Waals surface area contributed by atoms with Crippen molar-refractivity contribution in [1.29, 1.82) is 0 Å². The molecule has 0 N–H and O–H groups in total. The van der Waals surface area contributed by atoms with Gasteiger partial charge in [0.15, 0.2) is 0 Å². The lowest BCUT2D eigenvalue weighted by atomic mass is 10.1. The molecular formula is C9H7BrF2INO2. The maximum Gasteiger partial charge on any atom is 0.339 e. The van der Waals surface area contributed by atoms with Crippen LogP contribution in [0.25, 0.3) is 0 Å². The van der Waals surface area contributed by atoms with Crippen LogP contribution >= 0.6 is 38.5 Å². The van der Waals surface area contributed by atoms with Crippen molar-refractivity contribution >= 4 is 44.5 Å². The molecule has 88 valence electrons. The summed E-state index contributed by atoms with van der Waals surface area (Å²) in [6.07, 6.45) is -1.74. The standard InChI is InChI=1S/C9H7BrF2INO2/c1-16-9(15)6-4(8(11)12)3-14-5(2-10)7(6)13/h3,8H,2H2,1H3. The molecule has 1 rings (SSSR count). The third kappa shape index (κ3) is 2.68. The van der Waals surface area contributed by atoms with Gasteiger partial charge in [-0.05, 0) is 22.6 Å². The van der Waals surface area contributed by atoms with Crippen molar-refractivity contribution in [1.82, 2.24) is 4.98 Å². The number of aromatic nitrogens is 1. The first-order chi connectivity index (χ1) is 7.52. The quantitative estimate of drug-likeness (QED) is 0.440. The van der Waals surface area contributed by atoms with Gasteiger partial charge in [0.25, 0.3) is 6.43 Å². The Morgan fingerprint density at radius 2 is 2.31 bits per heavy atom. The Kier molecular flexibility index (Phi) is 5.03. The number of hydrogen-bond acceptors (Lipinski definition) is 3. The molecule has 0 bridgehead atoms. The van der Waals surface area contributed by atoms with E-state index in [2.05, 4.69) is 25.7 Å². The van der Waals surface area contributed by atoms with Crippen molar-refractivity contribution in [2.75, 3.05) is 7.11 Å². The highest BCUT2D eigenvalue weighted by Gasteiger charge is 2.24. The number of halogens is 4. The van der Waals surface area contributed by atoms with Gasteiger partial charge in [0.2, 0.25) is 0 Å². The number of esters is 1. The molecule has 0 spiro atoms. The van der Waals surface area contributed by atoms with E-state index in [0.717, 1.165) is 13.3 Å². The molecule has 1 aromatic heterocycles. The van der Waals surface area contributed by atoms with Gasteiger partial charge in [-0.3, -0.25) is 4.98 Å². The Labute approximate surface area is 113 Å². The zero-order valence-corrected chi connectivity index (χ0v) is 11.9. The van der Waals surface area contributed by atoms with Gasteiger partial charge >= 0.3 is 5.97 Å². The third-order valence-electron chi connectivity index (χ3n) is 1.87. The normalized spacial score (nSPS) is 10.6. The number of carbonyl (C=O) groups is 1. The van der Waals surface area contributed by atoms with E-state index in [9.17, 15) is 13.6 Å². The molecule has 0 saturated heterocycles. The molecule has 1 aromatic rings. The van der Waals surface area contributed by atoms with Gasteiger partial charge in [0.05, 0.1) is 27.5 Å². The highest BCUT2D eigenvalue weighted by atomic mass is 127. The van der Waals surface area contributed by atoms with Crippen molar-refractivity contribution in [2.45, 2.75) is 11.8 Å². The number of pyridine rings is 1. The molecule has 0 aromatic carbocycles. The van der Waals surface area contributed by atoms with Crippen LogP contribution in [0.2, 0.25) is 0 Å². The molecule has 3 nitrogen and oxygen atoms in total. The summed E-state index contributed by atoms with van der Waals surface area (Å²) >= 11 is 4.98. The molecule has 7 heteroatoms. The minimum absolute atomic E-state index is 0.109. The smallest absolute Gasteiger partial charge is 0.339 e. The number of rotatable bonds is 3. The molecule has 0 aliphatic carbocycles. The number of methoxy groups -OCH3 is 1. The van der Waals surface area contributed by atoms with Gasteiger partial charge in [-0.1, -0.05) is 15.9 Å². The predicted molar refractivity (Wildman–Crippen MR) is 65.9 cm³/mol. The second-order valence-corrected chi connectivity index (χ2v) is 4.41. The fourth-order valence-corrected chi connectivity index (χ4v) is 2.92. The van der Waals surface area contributed by atoms with Crippen LogP contribution in [-0.4, -0.2) is 18.1 Å². The SMILES string of the molecule is COC(=O)c1c(C(F)F)cnc(CBr)c1I. The monoisotopic (exact) mass is 405 g/mol. The van der Waals surface area contributed by atoms with E-state index in [-0.39, 0.29) is 5.56 Å². The summed E-state index contributed by atoms with van der Waals surface area (Å²) in [5.41, 5.74) is 0.0221. The zero-order chi connectivity index (χ0) is 12.3. The van der Waals surface area contributed by atoms with Crippen molar-refractivity contribution in [3.63, 3.8) is 0 Å². The summed E-state index contributed by atoms with van der Waals surface area (Å²) in [5.74, 6) is -0.774. The van der Waals surface area contributed by atoms with E-state index in [1.54, 1.807) is 0 Å². The molecule has 0 aliphatic heterocycles. The fraction of sp³-hybridized carbons (Fsp3) is 0.333. The van der Waals surface area contributed by atoms with Gasteiger partial charge in [-0.25, -0.2) is 13.6 Å². The van der Waals surface area contributed by atoms with Gasteiger partial charge in [-0.2, -0.15) is 0 Å². The van der Waals surface area contributed by atoms with Crippen molar-refractivity contribution in [3.05, 3.63) is 26.6 Å². The maximum atomic E-state index is 12.7. The van der Waals surface area contributed by atoms with E-state index in [1.807, 2.05) is 22.6 Å². The zero-order valence-electron chi connectivity index (χ0n) is 8.14. The Bertz CT molecular complexity index is 415. The molecule has 0 aliphatic rings. The van der Waals surface area contributed by atoms with Gasteiger partial charge in [0.1, 0.15) is 0 Å². The molecule has 0 atom stereocenters. The van der Waals surface area contributed by atoms with Crippen LogP contribution in [0.3, 0.4) is 0 Å². The second kappa shape index (κ2) is 5.85. The lowest BCUT2D eigenvalue weighted by Gasteiger charge is -2.11. The van der Waals surface area contributed by atoms with Crippen LogP contribution in [0.15, 0.2) is 6.20 Å². The predicted octanol–water partition coefficient (Wildman–Crippen LogP) is 3.31. The van der Waals surface area contributed by atoms with E-state index in [4.69, 9.17) is 0 Å². The first-order valence-electron chi connectivity index (χ1n) is 4.12. The summed E-state index contributed by atoms with van der Waals surface area (Å²) in [5, 5.41) is 0.388. The second-order valence-electron chi connectivity index (χ2n) is 2.78. The van der Waals surface area contributed by atoms with Crippen LogP contribution in [-0.2, 0) is 10.1 Å².